The Morgan fingerprint density at radius 1 is 1.02 bits per heavy atom. The van der Waals surface area contributed by atoms with Gasteiger partial charge in [0.2, 0.25) is 11.8 Å². The van der Waals surface area contributed by atoms with Crippen molar-refractivity contribution >= 4 is 35.0 Å². The van der Waals surface area contributed by atoms with Crippen LogP contribution in [0, 0.1) is 17.8 Å². The maximum absolute atomic E-state index is 13.6. The van der Waals surface area contributed by atoms with Gasteiger partial charge in [0.1, 0.15) is 11.7 Å². The van der Waals surface area contributed by atoms with Gasteiger partial charge in [-0.15, -0.1) is 11.3 Å². The molecule has 260 valence electrons. The number of nitrogens with one attached hydrogen (secondary N) is 3. The van der Waals surface area contributed by atoms with Crippen LogP contribution in [0.4, 0.5) is 0 Å². The molecule has 12 heteroatoms. The van der Waals surface area contributed by atoms with E-state index in [1.54, 1.807) is 12.3 Å². The summed E-state index contributed by atoms with van der Waals surface area (Å²) in [6.07, 6.45) is 3.35. The highest BCUT2D eigenvalue weighted by Crippen LogP contribution is 2.20. The molecule has 0 spiro atoms. The molecule has 0 saturated carbocycles. The van der Waals surface area contributed by atoms with Crippen molar-refractivity contribution in [3.05, 3.63) is 52.0 Å². The number of rotatable bonds is 17. The van der Waals surface area contributed by atoms with E-state index in [1.807, 2.05) is 70.0 Å². The zero-order valence-corrected chi connectivity index (χ0v) is 29.4. The number of carbonyl (C=O) groups is 4. The number of likely N-dealkylation sites (N-methyl/N-ethyl adjacent to an activating group) is 1. The molecule has 0 radical (unpaired) electrons. The highest BCUT2D eigenvalue weighted by Gasteiger charge is 2.34. The first-order valence-corrected chi connectivity index (χ1v) is 17.7. The Labute approximate surface area is 282 Å². The van der Waals surface area contributed by atoms with Gasteiger partial charge >= 0.3 is 5.97 Å². The lowest BCUT2D eigenvalue weighted by molar-refractivity contribution is -0.141. The van der Waals surface area contributed by atoms with Gasteiger partial charge in [0.25, 0.3) is 5.91 Å². The van der Waals surface area contributed by atoms with Gasteiger partial charge in [-0.3, -0.25) is 24.1 Å². The van der Waals surface area contributed by atoms with Crippen LogP contribution in [0.15, 0.2) is 35.7 Å². The molecule has 2 aromatic rings. The van der Waals surface area contributed by atoms with Crippen molar-refractivity contribution in [3.63, 3.8) is 0 Å². The van der Waals surface area contributed by atoms with Gasteiger partial charge in [-0.1, -0.05) is 77.8 Å². The summed E-state index contributed by atoms with van der Waals surface area (Å²) in [6, 6.07) is 7.54. The maximum Gasteiger partial charge on any atom is 0.306 e. The number of aliphatic carboxylic acids is 1. The van der Waals surface area contributed by atoms with Crippen LogP contribution in [-0.4, -0.2) is 87.7 Å². The second-order valence-electron chi connectivity index (χ2n) is 13.4. The molecule has 1 saturated heterocycles. The Balaban J connectivity index is 1.66. The first-order chi connectivity index (χ1) is 22.3. The summed E-state index contributed by atoms with van der Waals surface area (Å²) < 4.78 is 0. The van der Waals surface area contributed by atoms with E-state index in [1.165, 1.54) is 11.3 Å². The Morgan fingerprint density at radius 2 is 1.72 bits per heavy atom. The van der Waals surface area contributed by atoms with Crippen LogP contribution in [0.1, 0.15) is 87.8 Å². The van der Waals surface area contributed by atoms with Crippen LogP contribution in [0.3, 0.4) is 0 Å². The van der Waals surface area contributed by atoms with Crippen molar-refractivity contribution in [1.29, 1.82) is 0 Å². The van der Waals surface area contributed by atoms with Gasteiger partial charge in [-0.2, -0.15) is 0 Å². The molecule has 1 aliphatic heterocycles. The number of piperidine rings is 1. The van der Waals surface area contributed by atoms with Gasteiger partial charge in [0.15, 0.2) is 0 Å². The first kappa shape index (κ1) is 38.1. The van der Waals surface area contributed by atoms with Crippen molar-refractivity contribution in [2.24, 2.45) is 17.8 Å². The second-order valence-corrected chi connectivity index (χ2v) is 14.3. The fraction of sp³-hybridized carbons (Fsp3) is 0.629. The van der Waals surface area contributed by atoms with E-state index in [0.29, 0.717) is 17.8 Å². The largest absolute Gasteiger partial charge is 0.481 e. The van der Waals surface area contributed by atoms with E-state index in [2.05, 4.69) is 20.9 Å². The SMILES string of the molecule is CCC(C)C(NC(=O)C1CCCCN1C)C(=O)NC(C(C)C)C(O)Cc1nc(C(=O)NC(Cc2ccccc2)CC(C)C(=O)O)cs1. The molecule has 7 unspecified atom stereocenters. The fourth-order valence-electron chi connectivity index (χ4n) is 6.01. The third-order valence-electron chi connectivity index (χ3n) is 9.20. The number of thiazole rings is 1. The lowest BCUT2D eigenvalue weighted by atomic mass is 9.93. The number of nitrogens with zero attached hydrogens (tertiary/aromatic N) is 2. The number of hydrogen-bond acceptors (Lipinski definition) is 8. The lowest BCUT2D eigenvalue weighted by Crippen LogP contribution is -2.59. The summed E-state index contributed by atoms with van der Waals surface area (Å²) in [4.78, 5) is 58.0. The molecular formula is C35H53N5O6S. The van der Waals surface area contributed by atoms with Gasteiger partial charge in [-0.25, -0.2) is 4.98 Å². The van der Waals surface area contributed by atoms with Crippen molar-refractivity contribution in [2.45, 2.75) is 110 Å². The number of aliphatic hydroxyl groups excluding tert-OH is 1. The van der Waals surface area contributed by atoms with Gasteiger partial charge in [0, 0.05) is 17.8 Å². The standard InChI is InChI=1S/C35H53N5O6S/c1-7-22(4)31(39-33(43)27-15-11-12-16-40(27)6)34(44)38-30(21(2)3)28(41)19-29-37-26(20-47-29)32(42)36-25(17-23(5)35(45)46)18-24-13-9-8-10-14-24/h8-10,13-14,20-23,25,27-28,30-31,41H,7,11-12,15-19H2,1-6H3,(H,36,42)(H,38,44)(H,39,43)(H,45,46). The monoisotopic (exact) mass is 671 g/mol. The molecule has 11 nitrogen and oxygen atoms in total. The number of carbonyl (C=O) groups excluding carboxylic acids is 3. The zero-order valence-electron chi connectivity index (χ0n) is 28.6. The average molecular weight is 672 g/mol. The maximum atomic E-state index is 13.6. The molecule has 2 heterocycles. The number of aromatic nitrogens is 1. The smallest absolute Gasteiger partial charge is 0.306 e. The van der Waals surface area contributed by atoms with Crippen LogP contribution in [0.2, 0.25) is 0 Å². The Kier molecular flexibility index (Phi) is 14.8. The van der Waals surface area contributed by atoms with Crippen molar-refractivity contribution in [1.82, 2.24) is 25.8 Å². The normalized spacial score (nSPS) is 19.2. The van der Waals surface area contributed by atoms with Crippen molar-refractivity contribution in [2.75, 3.05) is 13.6 Å². The molecule has 1 fully saturated rings. The Bertz CT molecular complexity index is 1320. The van der Waals surface area contributed by atoms with E-state index < -0.39 is 42.0 Å². The summed E-state index contributed by atoms with van der Waals surface area (Å²) in [5.74, 6) is -2.69. The van der Waals surface area contributed by atoms with Crippen molar-refractivity contribution < 1.29 is 29.4 Å². The highest BCUT2D eigenvalue weighted by molar-refractivity contribution is 7.09. The van der Waals surface area contributed by atoms with E-state index in [-0.39, 0.29) is 48.2 Å². The molecule has 5 N–H and O–H groups in total. The predicted molar refractivity (Wildman–Crippen MR) is 183 cm³/mol. The van der Waals surface area contributed by atoms with E-state index in [9.17, 15) is 29.4 Å². The Hall–Kier alpha value is -3.35. The van der Waals surface area contributed by atoms with Gasteiger partial charge in [-0.05, 0) is 56.7 Å². The third-order valence-corrected chi connectivity index (χ3v) is 10.1. The zero-order chi connectivity index (χ0) is 34.7. The number of carboxylic acids is 1. The number of likely N-dealkylation sites (tertiary alicyclic amines) is 1. The summed E-state index contributed by atoms with van der Waals surface area (Å²) in [5, 5.41) is 31.9. The summed E-state index contributed by atoms with van der Waals surface area (Å²) >= 11 is 1.24. The minimum absolute atomic E-state index is 0.109. The predicted octanol–water partition coefficient (Wildman–Crippen LogP) is 3.65. The molecular weight excluding hydrogens is 618 g/mol. The molecule has 3 rings (SSSR count). The van der Waals surface area contributed by atoms with Crippen LogP contribution in [-0.2, 0) is 27.2 Å². The fourth-order valence-corrected chi connectivity index (χ4v) is 6.84. The molecule has 7 atom stereocenters. The first-order valence-electron chi connectivity index (χ1n) is 16.8. The van der Waals surface area contributed by atoms with Crippen LogP contribution < -0.4 is 16.0 Å². The van der Waals surface area contributed by atoms with Gasteiger partial charge < -0.3 is 26.2 Å². The van der Waals surface area contributed by atoms with E-state index in [0.717, 1.165) is 31.4 Å². The molecule has 0 bridgehead atoms. The summed E-state index contributed by atoms with van der Waals surface area (Å²) in [5.41, 5.74) is 1.17. The van der Waals surface area contributed by atoms with E-state index >= 15 is 0 Å². The van der Waals surface area contributed by atoms with Crippen molar-refractivity contribution in [3.8, 4) is 0 Å². The molecule has 47 heavy (non-hydrogen) atoms. The highest BCUT2D eigenvalue weighted by atomic mass is 32.1. The second kappa shape index (κ2) is 18.3. The van der Waals surface area contributed by atoms with Crippen LogP contribution in [0.5, 0.6) is 0 Å². The molecule has 1 aromatic heterocycles. The number of aliphatic hydroxyl groups is 1. The number of benzene rings is 1. The minimum Gasteiger partial charge on any atom is -0.481 e. The number of amides is 3. The van der Waals surface area contributed by atoms with E-state index in [4.69, 9.17) is 0 Å². The van der Waals surface area contributed by atoms with Crippen LogP contribution in [0.25, 0.3) is 0 Å². The van der Waals surface area contributed by atoms with Crippen LogP contribution >= 0.6 is 11.3 Å². The molecule has 3 amide bonds. The number of carboxylic acid groups (broad SMARTS) is 1. The Morgan fingerprint density at radius 3 is 2.34 bits per heavy atom. The quantitative estimate of drug-likeness (QED) is 0.170. The van der Waals surface area contributed by atoms with Gasteiger partial charge in [0.05, 0.1) is 29.1 Å². The number of hydrogen-bond donors (Lipinski definition) is 5. The average Bonchev–Trinajstić information content (AvgIpc) is 3.50. The molecule has 1 aromatic carbocycles. The lowest BCUT2D eigenvalue weighted by Gasteiger charge is -2.34. The summed E-state index contributed by atoms with van der Waals surface area (Å²) in [7, 11) is 1.93. The summed E-state index contributed by atoms with van der Waals surface area (Å²) in [6.45, 7) is 10.2. The molecule has 0 aliphatic carbocycles. The third kappa shape index (κ3) is 11.4. The molecule has 1 aliphatic rings. The minimum atomic E-state index is -0.985. The topological polar surface area (TPSA) is 161 Å².